The first kappa shape index (κ1) is 24.1. The van der Waals surface area contributed by atoms with Crippen LogP contribution in [0.2, 0.25) is 5.02 Å². The van der Waals surface area contributed by atoms with Gasteiger partial charge >= 0.3 is 5.97 Å². The van der Waals surface area contributed by atoms with Crippen molar-refractivity contribution in [2.24, 2.45) is 10.2 Å². The predicted octanol–water partition coefficient (Wildman–Crippen LogP) is 4.48. The number of carbonyl (C=O) groups is 2. The van der Waals surface area contributed by atoms with Gasteiger partial charge in [0.25, 0.3) is 0 Å². The van der Waals surface area contributed by atoms with Crippen molar-refractivity contribution < 1.29 is 24.2 Å². The molecule has 2 aromatic rings. The molecule has 0 aromatic heterocycles. The number of aliphatic carboxylic acids is 1. The molecule has 0 spiro atoms. The number of nitrogens with one attached hydrogen (secondary N) is 1. The van der Waals surface area contributed by atoms with Crippen molar-refractivity contribution >= 4 is 62.6 Å². The first-order valence-electron chi connectivity index (χ1n) is 9.49. The number of hydrogen-bond donors (Lipinski definition) is 2. The van der Waals surface area contributed by atoms with Gasteiger partial charge in [0.1, 0.15) is 11.9 Å². The Morgan fingerprint density at radius 2 is 2.06 bits per heavy atom. The van der Waals surface area contributed by atoms with Gasteiger partial charge in [-0.2, -0.15) is 5.10 Å². The summed E-state index contributed by atoms with van der Waals surface area (Å²) in [6.07, 6.45) is 1.22. The number of amides is 1. The van der Waals surface area contributed by atoms with Crippen LogP contribution < -0.4 is 14.8 Å². The average Bonchev–Trinajstić information content (AvgIpc) is 3.07. The Kier molecular flexibility index (Phi) is 8.54. The van der Waals surface area contributed by atoms with Gasteiger partial charge in [0, 0.05) is 5.02 Å². The molecule has 2 N–H and O–H groups in total. The molecule has 1 saturated heterocycles. The number of ether oxygens (including phenoxy) is 2. The third-order valence-corrected chi connectivity index (χ3v) is 6.03. The van der Waals surface area contributed by atoms with Crippen molar-refractivity contribution in [2.45, 2.75) is 25.2 Å². The van der Waals surface area contributed by atoms with Crippen molar-refractivity contribution in [1.29, 1.82) is 0 Å². The minimum absolute atomic E-state index is 0.254. The fourth-order valence-corrected chi connectivity index (χ4v) is 4.31. The summed E-state index contributed by atoms with van der Waals surface area (Å²) in [6.45, 7) is 2.66. The van der Waals surface area contributed by atoms with Crippen LogP contribution in [0.4, 0.5) is 0 Å². The van der Waals surface area contributed by atoms with E-state index in [1.54, 1.807) is 24.3 Å². The summed E-state index contributed by atoms with van der Waals surface area (Å²) in [5.74, 6) is -0.348. The lowest BCUT2D eigenvalue weighted by atomic mass is 10.2. The summed E-state index contributed by atoms with van der Waals surface area (Å²) in [7, 11) is 0. The molecule has 1 aliphatic rings. The first-order chi connectivity index (χ1) is 15.4. The minimum Gasteiger partial charge on any atom is -0.490 e. The highest BCUT2D eigenvalue weighted by molar-refractivity contribution is 9.10. The average molecular weight is 541 g/mol. The minimum atomic E-state index is -1.05. The quantitative estimate of drug-likeness (QED) is 0.359. The van der Waals surface area contributed by atoms with E-state index >= 15 is 0 Å². The highest BCUT2D eigenvalue weighted by Gasteiger charge is 2.32. The largest absolute Gasteiger partial charge is 0.490 e. The van der Waals surface area contributed by atoms with Gasteiger partial charge in [-0.3, -0.25) is 9.59 Å². The second kappa shape index (κ2) is 11.3. The molecular formula is C21H19BrClN3O5S. The third-order valence-electron chi connectivity index (χ3n) is 4.12. The Bertz CT molecular complexity index is 1060. The lowest BCUT2D eigenvalue weighted by molar-refractivity contribution is -0.138. The Labute approximate surface area is 202 Å². The molecular weight excluding hydrogens is 522 g/mol. The van der Waals surface area contributed by atoms with Crippen molar-refractivity contribution in [3.05, 3.63) is 57.0 Å². The molecule has 1 fully saturated rings. The number of thioether (sulfide) groups is 1. The van der Waals surface area contributed by atoms with E-state index < -0.39 is 17.1 Å². The van der Waals surface area contributed by atoms with Crippen LogP contribution in [0.5, 0.6) is 11.5 Å². The molecule has 1 atom stereocenters. The number of carbonyl (C=O) groups excluding carboxylic acids is 1. The lowest BCUT2D eigenvalue weighted by Crippen LogP contribution is -2.26. The van der Waals surface area contributed by atoms with Gasteiger partial charge in [-0.25, -0.2) is 0 Å². The predicted molar refractivity (Wildman–Crippen MR) is 128 cm³/mol. The number of hydrogen-bond acceptors (Lipinski definition) is 7. The standard InChI is InChI=1S/C21H19BrClN3O5S/c1-2-30-16-8-13(10-24-26-21-25-20(29)17(32-21)9-18(27)28)7-15(22)19(16)31-11-12-3-5-14(23)6-4-12/h3-8,10,17H,2,9,11H2,1H3,(H,27,28)(H,25,26,29)/b24-10-/t17-/m1/s1. The van der Waals surface area contributed by atoms with Gasteiger partial charge in [-0.05, 0) is 58.2 Å². The van der Waals surface area contributed by atoms with Crippen LogP contribution in [0, 0.1) is 0 Å². The molecule has 0 aliphatic carbocycles. The second-order valence-corrected chi connectivity index (χ2v) is 9.00. The van der Waals surface area contributed by atoms with E-state index in [1.807, 2.05) is 19.1 Å². The molecule has 1 amide bonds. The van der Waals surface area contributed by atoms with Crippen LogP contribution >= 0.6 is 39.3 Å². The molecule has 3 rings (SSSR count). The number of amidine groups is 1. The van der Waals surface area contributed by atoms with Crippen LogP contribution in [0.25, 0.3) is 0 Å². The van der Waals surface area contributed by atoms with Gasteiger partial charge in [0.15, 0.2) is 16.7 Å². The highest BCUT2D eigenvalue weighted by atomic mass is 79.9. The third kappa shape index (κ3) is 6.72. The van der Waals surface area contributed by atoms with Crippen molar-refractivity contribution in [1.82, 2.24) is 5.32 Å². The van der Waals surface area contributed by atoms with Gasteiger partial charge < -0.3 is 19.9 Å². The van der Waals surface area contributed by atoms with Gasteiger partial charge in [-0.1, -0.05) is 35.5 Å². The Balaban J connectivity index is 1.71. The molecule has 0 saturated carbocycles. The topological polar surface area (TPSA) is 110 Å². The maximum atomic E-state index is 11.8. The zero-order chi connectivity index (χ0) is 23.1. The molecule has 0 bridgehead atoms. The lowest BCUT2D eigenvalue weighted by Gasteiger charge is -2.14. The fourth-order valence-electron chi connectivity index (χ4n) is 2.69. The van der Waals surface area contributed by atoms with E-state index in [0.29, 0.717) is 39.8 Å². The first-order valence-corrected chi connectivity index (χ1v) is 11.5. The fraction of sp³-hybridized carbons (Fsp3) is 0.238. The Morgan fingerprint density at radius 1 is 1.31 bits per heavy atom. The molecule has 1 aliphatic heterocycles. The summed E-state index contributed by atoms with van der Waals surface area (Å²) in [4.78, 5) is 22.6. The second-order valence-electron chi connectivity index (χ2n) is 6.52. The summed E-state index contributed by atoms with van der Waals surface area (Å²) >= 11 is 10.5. The number of halogens is 2. The molecule has 2 aromatic carbocycles. The summed E-state index contributed by atoms with van der Waals surface area (Å²) in [5.41, 5.74) is 1.66. The molecule has 8 nitrogen and oxygen atoms in total. The number of nitrogens with zero attached hydrogens (tertiary/aromatic N) is 2. The zero-order valence-corrected chi connectivity index (χ0v) is 20.0. The Hall–Kier alpha value is -2.56. The maximum absolute atomic E-state index is 11.8. The smallest absolute Gasteiger partial charge is 0.305 e. The molecule has 0 unspecified atom stereocenters. The molecule has 1 heterocycles. The number of rotatable bonds is 9. The molecule has 0 radical (unpaired) electrons. The zero-order valence-electron chi connectivity index (χ0n) is 16.9. The van der Waals surface area contributed by atoms with Crippen molar-refractivity contribution in [3.63, 3.8) is 0 Å². The highest BCUT2D eigenvalue weighted by Crippen LogP contribution is 2.37. The van der Waals surface area contributed by atoms with Gasteiger partial charge in [-0.15, -0.1) is 5.10 Å². The van der Waals surface area contributed by atoms with E-state index in [1.165, 1.54) is 6.21 Å². The van der Waals surface area contributed by atoms with Gasteiger partial charge in [0.2, 0.25) is 5.91 Å². The van der Waals surface area contributed by atoms with Crippen LogP contribution in [-0.4, -0.2) is 40.2 Å². The molecule has 168 valence electrons. The van der Waals surface area contributed by atoms with Crippen LogP contribution in [0.3, 0.4) is 0 Å². The molecule has 32 heavy (non-hydrogen) atoms. The van der Waals surface area contributed by atoms with E-state index in [0.717, 1.165) is 17.3 Å². The Morgan fingerprint density at radius 3 is 2.75 bits per heavy atom. The number of carboxylic acids is 1. The van der Waals surface area contributed by atoms with Crippen LogP contribution in [0.15, 0.2) is 51.1 Å². The van der Waals surface area contributed by atoms with Crippen molar-refractivity contribution in [3.8, 4) is 11.5 Å². The van der Waals surface area contributed by atoms with Crippen LogP contribution in [-0.2, 0) is 16.2 Å². The van der Waals surface area contributed by atoms with Crippen LogP contribution in [0.1, 0.15) is 24.5 Å². The van der Waals surface area contributed by atoms with E-state index in [-0.39, 0.29) is 11.6 Å². The SMILES string of the molecule is CCOc1cc(/C=N\N=C2\NC(=O)[C@@H](CC(=O)O)S2)cc(Br)c1OCc1ccc(Cl)cc1. The number of carboxylic acid groups (broad SMARTS) is 1. The van der Waals surface area contributed by atoms with E-state index in [4.69, 9.17) is 26.2 Å². The monoisotopic (exact) mass is 539 g/mol. The summed E-state index contributed by atoms with van der Waals surface area (Å²) in [6, 6.07) is 10.9. The summed E-state index contributed by atoms with van der Waals surface area (Å²) < 4.78 is 12.4. The maximum Gasteiger partial charge on any atom is 0.305 e. The van der Waals surface area contributed by atoms with Gasteiger partial charge in [0.05, 0.1) is 23.7 Å². The number of benzene rings is 2. The van der Waals surface area contributed by atoms with E-state index in [9.17, 15) is 9.59 Å². The summed E-state index contributed by atoms with van der Waals surface area (Å²) in [5, 5.41) is 19.5. The van der Waals surface area contributed by atoms with Crippen molar-refractivity contribution in [2.75, 3.05) is 6.61 Å². The normalized spacial score (nSPS) is 17.0. The van der Waals surface area contributed by atoms with E-state index in [2.05, 4.69) is 31.4 Å². The molecule has 11 heteroatoms.